The van der Waals surface area contributed by atoms with Crippen LogP contribution in [-0.4, -0.2) is 31.7 Å². The molecule has 2 N–H and O–H groups in total. The van der Waals surface area contributed by atoms with Crippen LogP contribution < -0.4 is 10.6 Å². The maximum Gasteiger partial charge on any atom is 0.227 e. The molecule has 1 aliphatic rings. The van der Waals surface area contributed by atoms with Gasteiger partial charge in [0.2, 0.25) is 5.91 Å². The molecule has 1 aromatic carbocycles. The number of carbonyl (C=O) groups excluding carboxylic acids is 1. The van der Waals surface area contributed by atoms with Gasteiger partial charge in [-0.2, -0.15) is 5.26 Å². The van der Waals surface area contributed by atoms with Crippen LogP contribution in [0.1, 0.15) is 17.5 Å². The minimum atomic E-state index is -0.505. The van der Waals surface area contributed by atoms with Crippen molar-refractivity contribution in [2.45, 2.75) is 19.4 Å². The molecule has 1 aliphatic heterocycles. The van der Waals surface area contributed by atoms with Crippen LogP contribution >= 0.6 is 0 Å². The predicted molar refractivity (Wildman–Crippen MR) is 71.7 cm³/mol. The third-order valence-electron chi connectivity index (χ3n) is 3.16. The third-order valence-corrected chi connectivity index (χ3v) is 3.16. The van der Waals surface area contributed by atoms with E-state index >= 15 is 0 Å². The van der Waals surface area contributed by atoms with Crippen LogP contribution in [0.4, 0.5) is 10.1 Å². The number of rotatable bonds is 3. The zero-order valence-electron chi connectivity index (χ0n) is 11.2. The first-order chi connectivity index (χ1) is 9.60. The van der Waals surface area contributed by atoms with Crippen LogP contribution in [0.3, 0.4) is 0 Å². The number of ether oxygens (including phenoxy) is 1. The lowest BCUT2D eigenvalue weighted by molar-refractivity contribution is -0.119. The highest BCUT2D eigenvalue weighted by atomic mass is 19.1. The Kier molecular flexibility index (Phi) is 4.66. The number of benzene rings is 1. The molecule has 1 aromatic rings. The molecule has 0 aromatic heterocycles. The van der Waals surface area contributed by atoms with Crippen LogP contribution in [0.25, 0.3) is 0 Å². The molecule has 0 spiro atoms. The molecule has 6 heteroatoms. The molecule has 1 atom stereocenters. The summed E-state index contributed by atoms with van der Waals surface area (Å²) in [5.41, 5.74) is 0.828. The normalized spacial score (nSPS) is 18.4. The fourth-order valence-corrected chi connectivity index (χ4v) is 2.03. The van der Waals surface area contributed by atoms with Gasteiger partial charge in [0.05, 0.1) is 30.8 Å². The van der Waals surface area contributed by atoms with Gasteiger partial charge >= 0.3 is 0 Å². The number of halogens is 1. The van der Waals surface area contributed by atoms with Gasteiger partial charge in [0, 0.05) is 24.3 Å². The van der Waals surface area contributed by atoms with Crippen molar-refractivity contribution < 1.29 is 13.9 Å². The van der Waals surface area contributed by atoms with E-state index in [0.29, 0.717) is 24.4 Å². The van der Waals surface area contributed by atoms with Crippen molar-refractivity contribution in [3.8, 4) is 6.07 Å². The second kappa shape index (κ2) is 6.46. The summed E-state index contributed by atoms with van der Waals surface area (Å²) in [7, 11) is 0. The zero-order valence-corrected chi connectivity index (χ0v) is 11.2. The Bertz CT molecular complexity index is 548. The molecule has 1 amide bonds. The van der Waals surface area contributed by atoms with Gasteiger partial charge in [0.25, 0.3) is 0 Å². The van der Waals surface area contributed by atoms with Crippen LogP contribution in [0.5, 0.6) is 0 Å². The Hall–Kier alpha value is -1.97. The average Bonchev–Trinajstić information content (AvgIpc) is 2.44. The monoisotopic (exact) mass is 277 g/mol. The number of nitriles is 1. The Labute approximate surface area is 116 Å². The van der Waals surface area contributed by atoms with Gasteiger partial charge in [-0.05, 0) is 19.1 Å². The van der Waals surface area contributed by atoms with Crippen molar-refractivity contribution in [2.24, 2.45) is 0 Å². The van der Waals surface area contributed by atoms with Crippen LogP contribution in [0.15, 0.2) is 12.1 Å². The molecule has 0 radical (unpaired) electrons. The van der Waals surface area contributed by atoms with E-state index in [9.17, 15) is 9.18 Å². The molecule has 1 heterocycles. The Morgan fingerprint density at radius 1 is 1.65 bits per heavy atom. The SMILES string of the molecule is Cc1c(F)cc(C#N)cc1NC(=O)CC1CNCCO1. The lowest BCUT2D eigenvalue weighted by Crippen LogP contribution is -2.40. The number of hydrogen-bond donors (Lipinski definition) is 2. The number of nitrogens with one attached hydrogen (secondary N) is 2. The largest absolute Gasteiger partial charge is 0.375 e. The molecule has 1 saturated heterocycles. The smallest absolute Gasteiger partial charge is 0.227 e. The molecular formula is C14H16FN3O2. The van der Waals surface area contributed by atoms with Crippen molar-refractivity contribution in [3.05, 3.63) is 29.1 Å². The highest BCUT2D eigenvalue weighted by Gasteiger charge is 2.18. The molecule has 0 aliphatic carbocycles. The number of nitrogens with zero attached hydrogens (tertiary/aromatic N) is 1. The summed E-state index contributed by atoms with van der Waals surface area (Å²) in [5.74, 6) is -0.758. The fraction of sp³-hybridized carbons (Fsp3) is 0.429. The summed E-state index contributed by atoms with van der Waals surface area (Å²) >= 11 is 0. The van der Waals surface area contributed by atoms with E-state index in [1.165, 1.54) is 6.07 Å². The summed E-state index contributed by atoms with van der Waals surface area (Å²) in [5, 5.41) is 14.6. The minimum absolute atomic E-state index is 0.173. The number of amides is 1. The van der Waals surface area contributed by atoms with Crippen molar-refractivity contribution in [3.63, 3.8) is 0 Å². The summed E-state index contributed by atoms with van der Waals surface area (Å²) in [6.45, 7) is 3.55. The van der Waals surface area contributed by atoms with Gasteiger partial charge < -0.3 is 15.4 Å². The summed E-state index contributed by atoms with van der Waals surface area (Å²) in [4.78, 5) is 11.9. The van der Waals surface area contributed by atoms with E-state index in [0.717, 1.165) is 12.6 Å². The topological polar surface area (TPSA) is 74.2 Å². The van der Waals surface area contributed by atoms with Crippen LogP contribution in [0, 0.1) is 24.1 Å². The number of anilines is 1. The first-order valence-corrected chi connectivity index (χ1v) is 6.42. The van der Waals surface area contributed by atoms with E-state index in [1.807, 2.05) is 6.07 Å². The van der Waals surface area contributed by atoms with Crippen LogP contribution in [-0.2, 0) is 9.53 Å². The second-order valence-electron chi connectivity index (χ2n) is 4.69. The highest BCUT2D eigenvalue weighted by molar-refractivity contribution is 5.92. The Balaban J connectivity index is 2.03. The van der Waals surface area contributed by atoms with Crippen molar-refractivity contribution in [2.75, 3.05) is 25.0 Å². The van der Waals surface area contributed by atoms with E-state index in [1.54, 1.807) is 6.92 Å². The molecular weight excluding hydrogens is 261 g/mol. The van der Waals surface area contributed by atoms with Crippen molar-refractivity contribution in [1.82, 2.24) is 5.32 Å². The molecule has 0 bridgehead atoms. The molecule has 5 nitrogen and oxygen atoms in total. The highest BCUT2D eigenvalue weighted by Crippen LogP contribution is 2.20. The molecule has 1 unspecified atom stereocenters. The van der Waals surface area contributed by atoms with Gasteiger partial charge in [-0.3, -0.25) is 4.79 Å². The summed E-state index contributed by atoms with van der Waals surface area (Å²) in [6, 6.07) is 4.48. The van der Waals surface area contributed by atoms with E-state index in [2.05, 4.69) is 10.6 Å². The molecule has 2 rings (SSSR count). The number of morpholine rings is 1. The summed E-state index contributed by atoms with van der Waals surface area (Å²) in [6.07, 6.45) is 0.0261. The minimum Gasteiger partial charge on any atom is -0.375 e. The molecule has 106 valence electrons. The third kappa shape index (κ3) is 3.53. The van der Waals surface area contributed by atoms with Gasteiger partial charge in [-0.1, -0.05) is 0 Å². The zero-order chi connectivity index (χ0) is 14.5. The quantitative estimate of drug-likeness (QED) is 0.874. The molecule has 20 heavy (non-hydrogen) atoms. The summed E-state index contributed by atoms with van der Waals surface area (Å²) < 4.78 is 19.0. The fourth-order valence-electron chi connectivity index (χ4n) is 2.03. The van der Waals surface area contributed by atoms with Gasteiger partial charge in [0.15, 0.2) is 0 Å². The predicted octanol–water partition coefficient (Wildman–Crippen LogP) is 1.32. The number of hydrogen-bond acceptors (Lipinski definition) is 4. The second-order valence-corrected chi connectivity index (χ2v) is 4.69. The van der Waals surface area contributed by atoms with Gasteiger partial charge in [-0.15, -0.1) is 0 Å². The van der Waals surface area contributed by atoms with Crippen LogP contribution in [0.2, 0.25) is 0 Å². The standard InChI is InChI=1S/C14H16FN3O2/c1-9-12(15)4-10(7-16)5-13(9)18-14(19)6-11-8-17-2-3-20-11/h4-5,11,17H,2-3,6,8H2,1H3,(H,18,19). The molecule has 1 fully saturated rings. The average molecular weight is 277 g/mol. The van der Waals surface area contributed by atoms with Crippen molar-refractivity contribution in [1.29, 1.82) is 5.26 Å². The van der Waals surface area contributed by atoms with Gasteiger partial charge in [-0.25, -0.2) is 4.39 Å². The lowest BCUT2D eigenvalue weighted by atomic mass is 10.1. The van der Waals surface area contributed by atoms with E-state index in [4.69, 9.17) is 10.00 Å². The van der Waals surface area contributed by atoms with E-state index < -0.39 is 5.82 Å². The molecule has 0 saturated carbocycles. The van der Waals surface area contributed by atoms with Gasteiger partial charge in [0.1, 0.15) is 5.82 Å². The Morgan fingerprint density at radius 3 is 3.10 bits per heavy atom. The van der Waals surface area contributed by atoms with Crippen molar-refractivity contribution >= 4 is 11.6 Å². The number of carbonyl (C=O) groups is 1. The lowest BCUT2D eigenvalue weighted by Gasteiger charge is -2.23. The first kappa shape index (κ1) is 14.4. The first-order valence-electron chi connectivity index (χ1n) is 6.42. The van der Waals surface area contributed by atoms with E-state index in [-0.39, 0.29) is 24.0 Å². The maximum atomic E-state index is 13.6. The Morgan fingerprint density at radius 2 is 2.45 bits per heavy atom. The maximum absolute atomic E-state index is 13.6.